The van der Waals surface area contributed by atoms with Gasteiger partial charge in [0.2, 0.25) is 5.88 Å². The highest BCUT2D eigenvalue weighted by atomic mass is 16.3. The Kier molecular flexibility index (Phi) is 2.99. The number of aromatic hydroxyl groups is 1. The molecule has 100 valence electrons. The van der Waals surface area contributed by atoms with E-state index in [2.05, 4.69) is 21.3 Å². The predicted molar refractivity (Wildman–Crippen MR) is 80.1 cm³/mol. The number of hydrogen-bond acceptors (Lipinski definition) is 3. The normalized spacial score (nSPS) is 11.5. The van der Waals surface area contributed by atoms with E-state index in [0.717, 1.165) is 27.7 Å². The average Bonchev–Trinajstić information content (AvgIpc) is 2.74. The standard InChI is InChI=1S/C16H15N3O/c1-10-8-11(2)14-13(9-10)15(16(20)17-14)19-18-12-6-4-3-5-7-12/h3-9,17,20H,1-2H3. The first-order chi connectivity index (χ1) is 9.65. The van der Waals surface area contributed by atoms with Gasteiger partial charge in [-0.1, -0.05) is 29.8 Å². The Morgan fingerprint density at radius 3 is 2.50 bits per heavy atom. The molecule has 0 spiro atoms. The third-order valence-electron chi connectivity index (χ3n) is 3.22. The van der Waals surface area contributed by atoms with Gasteiger partial charge >= 0.3 is 0 Å². The van der Waals surface area contributed by atoms with Crippen molar-refractivity contribution in [1.29, 1.82) is 0 Å². The summed E-state index contributed by atoms with van der Waals surface area (Å²) in [5.74, 6) is 0.0494. The summed E-state index contributed by atoms with van der Waals surface area (Å²) in [6.45, 7) is 4.03. The first kappa shape index (κ1) is 12.4. The topological polar surface area (TPSA) is 60.7 Å². The highest BCUT2D eigenvalue weighted by Gasteiger charge is 2.12. The maximum Gasteiger partial charge on any atom is 0.218 e. The van der Waals surface area contributed by atoms with E-state index in [1.807, 2.05) is 50.2 Å². The van der Waals surface area contributed by atoms with Gasteiger partial charge in [-0.2, -0.15) is 5.11 Å². The highest BCUT2D eigenvalue weighted by molar-refractivity contribution is 5.96. The number of rotatable bonds is 2. The van der Waals surface area contributed by atoms with Crippen LogP contribution in [0.25, 0.3) is 10.9 Å². The maximum absolute atomic E-state index is 10.0. The lowest BCUT2D eigenvalue weighted by Gasteiger charge is -1.98. The number of H-pyrrole nitrogens is 1. The molecule has 0 aliphatic rings. The summed E-state index contributed by atoms with van der Waals surface area (Å²) in [5.41, 5.74) is 4.35. The predicted octanol–water partition coefficient (Wildman–Crippen LogP) is 4.91. The fourth-order valence-electron chi connectivity index (χ4n) is 2.33. The number of benzene rings is 2. The van der Waals surface area contributed by atoms with Crippen LogP contribution >= 0.6 is 0 Å². The van der Waals surface area contributed by atoms with E-state index in [1.54, 1.807) is 0 Å². The monoisotopic (exact) mass is 265 g/mol. The zero-order valence-corrected chi connectivity index (χ0v) is 11.4. The third-order valence-corrected chi connectivity index (χ3v) is 3.22. The minimum atomic E-state index is 0.0494. The number of aromatic amines is 1. The summed E-state index contributed by atoms with van der Waals surface area (Å²) in [6.07, 6.45) is 0. The molecule has 1 aromatic heterocycles. The third kappa shape index (κ3) is 2.16. The lowest BCUT2D eigenvalue weighted by molar-refractivity contribution is 0.459. The van der Waals surface area contributed by atoms with Gasteiger partial charge in [-0.15, -0.1) is 5.11 Å². The quantitative estimate of drug-likeness (QED) is 0.636. The first-order valence-corrected chi connectivity index (χ1v) is 6.44. The number of aryl methyl sites for hydroxylation is 2. The second-order valence-corrected chi connectivity index (χ2v) is 4.86. The van der Waals surface area contributed by atoms with Crippen molar-refractivity contribution < 1.29 is 5.11 Å². The van der Waals surface area contributed by atoms with Gasteiger partial charge in [0, 0.05) is 5.39 Å². The molecule has 3 aromatic rings. The molecule has 0 radical (unpaired) electrons. The molecule has 0 bridgehead atoms. The van der Waals surface area contributed by atoms with E-state index >= 15 is 0 Å². The zero-order chi connectivity index (χ0) is 14.1. The summed E-state index contributed by atoms with van der Waals surface area (Å²) in [7, 11) is 0. The average molecular weight is 265 g/mol. The molecule has 0 atom stereocenters. The van der Waals surface area contributed by atoms with Gasteiger partial charge in [0.1, 0.15) is 0 Å². The zero-order valence-electron chi connectivity index (χ0n) is 11.4. The van der Waals surface area contributed by atoms with Crippen LogP contribution in [-0.4, -0.2) is 10.1 Å². The van der Waals surface area contributed by atoms with Gasteiger partial charge < -0.3 is 10.1 Å². The molecule has 0 fully saturated rings. The van der Waals surface area contributed by atoms with E-state index in [-0.39, 0.29) is 5.88 Å². The van der Waals surface area contributed by atoms with Crippen LogP contribution in [-0.2, 0) is 0 Å². The fraction of sp³-hybridized carbons (Fsp3) is 0.125. The molecule has 1 heterocycles. The SMILES string of the molecule is Cc1cc(C)c2[nH]c(O)c(N=Nc3ccccc3)c2c1. The molecule has 4 nitrogen and oxygen atoms in total. The molecule has 0 unspecified atom stereocenters. The molecule has 0 aliphatic heterocycles. The number of hydrogen-bond donors (Lipinski definition) is 2. The maximum atomic E-state index is 10.0. The minimum absolute atomic E-state index is 0.0494. The molecular formula is C16H15N3O. The fourth-order valence-corrected chi connectivity index (χ4v) is 2.33. The molecule has 0 saturated heterocycles. The lowest BCUT2D eigenvalue weighted by Crippen LogP contribution is -1.78. The molecule has 0 aliphatic carbocycles. The van der Waals surface area contributed by atoms with Crippen molar-refractivity contribution in [2.24, 2.45) is 10.2 Å². The molecule has 4 heteroatoms. The van der Waals surface area contributed by atoms with Gasteiger partial charge in [-0.05, 0) is 37.6 Å². The number of aromatic nitrogens is 1. The molecule has 0 saturated carbocycles. The molecule has 2 aromatic carbocycles. The highest BCUT2D eigenvalue weighted by Crippen LogP contribution is 2.38. The first-order valence-electron chi connectivity index (χ1n) is 6.44. The van der Waals surface area contributed by atoms with E-state index in [0.29, 0.717) is 5.69 Å². The van der Waals surface area contributed by atoms with Crippen LogP contribution in [0.3, 0.4) is 0 Å². The van der Waals surface area contributed by atoms with Gasteiger partial charge in [0.05, 0.1) is 11.2 Å². The van der Waals surface area contributed by atoms with Crippen LogP contribution in [0.4, 0.5) is 11.4 Å². The molecule has 0 amide bonds. The van der Waals surface area contributed by atoms with Gasteiger partial charge in [-0.25, -0.2) is 0 Å². The Balaban J connectivity index is 2.12. The van der Waals surface area contributed by atoms with Gasteiger partial charge in [0.15, 0.2) is 5.69 Å². The summed E-state index contributed by atoms with van der Waals surface area (Å²) in [4.78, 5) is 2.96. The van der Waals surface area contributed by atoms with Crippen LogP contribution in [0, 0.1) is 13.8 Å². The Bertz CT molecular complexity index is 788. The van der Waals surface area contributed by atoms with E-state index in [4.69, 9.17) is 0 Å². The second kappa shape index (κ2) is 4.81. The molecular weight excluding hydrogens is 250 g/mol. The Morgan fingerprint density at radius 1 is 1.00 bits per heavy atom. The number of nitrogens with zero attached hydrogens (tertiary/aromatic N) is 2. The smallest absolute Gasteiger partial charge is 0.218 e. The largest absolute Gasteiger partial charge is 0.493 e. The summed E-state index contributed by atoms with van der Waals surface area (Å²) in [6, 6.07) is 13.5. The van der Waals surface area contributed by atoms with Crippen molar-refractivity contribution in [3.63, 3.8) is 0 Å². The summed E-state index contributed by atoms with van der Waals surface area (Å²) >= 11 is 0. The van der Waals surface area contributed by atoms with E-state index in [1.165, 1.54) is 0 Å². The number of fused-ring (bicyclic) bond motifs is 1. The number of nitrogens with one attached hydrogen (secondary N) is 1. The Hall–Kier alpha value is -2.62. The molecule has 20 heavy (non-hydrogen) atoms. The van der Waals surface area contributed by atoms with Gasteiger partial charge in [-0.3, -0.25) is 0 Å². The van der Waals surface area contributed by atoms with E-state index < -0.39 is 0 Å². The van der Waals surface area contributed by atoms with Crippen molar-refractivity contribution in [3.05, 3.63) is 53.6 Å². The van der Waals surface area contributed by atoms with Gasteiger partial charge in [0.25, 0.3) is 0 Å². The lowest BCUT2D eigenvalue weighted by atomic mass is 10.1. The molecule has 2 N–H and O–H groups in total. The minimum Gasteiger partial charge on any atom is -0.493 e. The van der Waals surface area contributed by atoms with Crippen molar-refractivity contribution in [2.45, 2.75) is 13.8 Å². The molecule has 3 rings (SSSR count). The van der Waals surface area contributed by atoms with Crippen LogP contribution in [0.5, 0.6) is 5.88 Å². The van der Waals surface area contributed by atoms with Crippen LogP contribution in [0.15, 0.2) is 52.7 Å². The Labute approximate surface area is 116 Å². The van der Waals surface area contributed by atoms with Crippen molar-refractivity contribution in [3.8, 4) is 5.88 Å². The van der Waals surface area contributed by atoms with E-state index in [9.17, 15) is 5.11 Å². The van der Waals surface area contributed by atoms with Crippen molar-refractivity contribution >= 4 is 22.3 Å². The van der Waals surface area contributed by atoms with Crippen LogP contribution < -0.4 is 0 Å². The summed E-state index contributed by atoms with van der Waals surface area (Å²) < 4.78 is 0. The Morgan fingerprint density at radius 2 is 1.75 bits per heavy atom. The number of azo groups is 1. The van der Waals surface area contributed by atoms with Crippen molar-refractivity contribution in [2.75, 3.05) is 0 Å². The van der Waals surface area contributed by atoms with Crippen molar-refractivity contribution in [1.82, 2.24) is 4.98 Å². The summed E-state index contributed by atoms with van der Waals surface area (Å²) in [5, 5.41) is 19.3. The van der Waals surface area contributed by atoms with Crippen LogP contribution in [0.2, 0.25) is 0 Å². The second-order valence-electron chi connectivity index (χ2n) is 4.86. The van der Waals surface area contributed by atoms with Crippen LogP contribution in [0.1, 0.15) is 11.1 Å².